The highest BCUT2D eigenvalue weighted by Gasteiger charge is 2.24. The van der Waals surface area contributed by atoms with Gasteiger partial charge in [-0.2, -0.15) is 4.31 Å². The number of nitrogens with one attached hydrogen (secondary N) is 1. The van der Waals surface area contributed by atoms with Crippen molar-refractivity contribution < 1.29 is 8.42 Å². The summed E-state index contributed by atoms with van der Waals surface area (Å²) in [6.07, 6.45) is 2.01. The number of sulfonamides is 1. The summed E-state index contributed by atoms with van der Waals surface area (Å²) in [7, 11) is -1.51. The van der Waals surface area contributed by atoms with Gasteiger partial charge in [0.15, 0.2) is 0 Å². The molecule has 0 aromatic heterocycles. The highest BCUT2D eigenvalue weighted by Crippen LogP contribution is 2.19. The van der Waals surface area contributed by atoms with E-state index in [1.807, 2.05) is 26.1 Å². The molecule has 0 aliphatic carbocycles. The second-order valence-electron chi connectivity index (χ2n) is 5.31. The SMILES string of the molecule is CCC(CC)CN(CC)S(=O)(=O)c1ccc(CNC)cc1. The predicted octanol–water partition coefficient (Wildman–Crippen LogP) is 2.85. The summed E-state index contributed by atoms with van der Waals surface area (Å²) in [5.74, 6) is 0.420. The Morgan fingerprint density at radius 2 is 1.67 bits per heavy atom. The van der Waals surface area contributed by atoms with Gasteiger partial charge in [0.1, 0.15) is 0 Å². The van der Waals surface area contributed by atoms with Crippen molar-refractivity contribution in [2.45, 2.75) is 45.1 Å². The van der Waals surface area contributed by atoms with Crippen molar-refractivity contribution in [1.82, 2.24) is 9.62 Å². The molecule has 1 aromatic carbocycles. The van der Waals surface area contributed by atoms with E-state index < -0.39 is 10.0 Å². The molecule has 4 nitrogen and oxygen atoms in total. The van der Waals surface area contributed by atoms with Crippen LogP contribution in [0.5, 0.6) is 0 Å². The summed E-state index contributed by atoms with van der Waals surface area (Å²) in [6.45, 7) is 7.98. The molecule has 0 amide bonds. The van der Waals surface area contributed by atoms with Crippen molar-refractivity contribution >= 4 is 10.0 Å². The molecular weight excluding hydrogens is 284 g/mol. The average molecular weight is 312 g/mol. The molecule has 0 saturated heterocycles. The minimum Gasteiger partial charge on any atom is -0.316 e. The molecule has 0 fully saturated rings. The van der Waals surface area contributed by atoms with Gasteiger partial charge in [0.05, 0.1) is 4.90 Å². The maximum Gasteiger partial charge on any atom is 0.243 e. The lowest BCUT2D eigenvalue weighted by Crippen LogP contribution is -2.35. The van der Waals surface area contributed by atoms with Gasteiger partial charge in [-0.15, -0.1) is 0 Å². The molecule has 1 aromatic rings. The molecule has 0 unspecified atom stereocenters. The number of hydrogen-bond donors (Lipinski definition) is 1. The molecule has 0 atom stereocenters. The fraction of sp³-hybridized carbons (Fsp3) is 0.625. The highest BCUT2D eigenvalue weighted by molar-refractivity contribution is 7.89. The Bertz CT molecular complexity index is 508. The van der Waals surface area contributed by atoms with Crippen LogP contribution in [0.2, 0.25) is 0 Å². The topological polar surface area (TPSA) is 49.4 Å². The normalized spacial score (nSPS) is 12.3. The average Bonchev–Trinajstić information content (AvgIpc) is 2.49. The van der Waals surface area contributed by atoms with Gasteiger partial charge in [0.2, 0.25) is 10.0 Å². The molecule has 120 valence electrons. The Labute approximate surface area is 129 Å². The number of nitrogens with zero attached hydrogens (tertiary/aromatic N) is 1. The minimum absolute atomic E-state index is 0.384. The van der Waals surface area contributed by atoms with Crippen molar-refractivity contribution in [2.24, 2.45) is 5.92 Å². The summed E-state index contributed by atoms with van der Waals surface area (Å²) in [6, 6.07) is 7.15. The van der Waals surface area contributed by atoms with E-state index in [4.69, 9.17) is 0 Å². The third-order valence-corrected chi connectivity index (χ3v) is 5.87. The quantitative estimate of drug-likeness (QED) is 0.763. The lowest BCUT2D eigenvalue weighted by atomic mass is 10.0. The monoisotopic (exact) mass is 312 g/mol. The predicted molar refractivity (Wildman–Crippen MR) is 87.7 cm³/mol. The lowest BCUT2D eigenvalue weighted by Gasteiger charge is -2.25. The zero-order valence-electron chi connectivity index (χ0n) is 13.6. The van der Waals surface area contributed by atoms with Crippen LogP contribution in [0.25, 0.3) is 0 Å². The van der Waals surface area contributed by atoms with Crippen LogP contribution in [0.1, 0.15) is 39.2 Å². The summed E-state index contributed by atoms with van der Waals surface area (Å²) >= 11 is 0. The first-order valence-corrected chi connectivity index (χ1v) is 9.17. The van der Waals surface area contributed by atoms with Crippen molar-refractivity contribution in [1.29, 1.82) is 0 Å². The molecule has 1 rings (SSSR count). The van der Waals surface area contributed by atoms with E-state index in [-0.39, 0.29) is 0 Å². The van der Waals surface area contributed by atoms with Crippen LogP contribution < -0.4 is 5.32 Å². The molecule has 0 spiro atoms. The van der Waals surface area contributed by atoms with Crippen molar-refractivity contribution in [3.8, 4) is 0 Å². The van der Waals surface area contributed by atoms with Crippen LogP contribution in [0, 0.1) is 5.92 Å². The molecule has 0 aliphatic rings. The third-order valence-electron chi connectivity index (χ3n) is 3.91. The van der Waals surface area contributed by atoms with E-state index in [0.717, 1.165) is 24.9 Å². The second kappa shape index (κ2) is 8.51. The van der Waals surface area contributed by atoms with E-state index in [9.17, 15) is 8.42 Å². The van der Waals surface area contributed by atoms with Crippen LogP contribution in [-0.2, 0) is 16.6 Å². The first-order valence-electron chi connectivity index (χ1n) is 7.73. The highest BCUT2D eigenvalue weighted by atomic mass is 32.2. The first kappa shape index (κ1) is 18.1. The van der Waals surface area contributed by atoms with E-state index in [1.165, 1.54) is 0 Å². The van der Waals surface area contributed by atoms with E-state index >= 15 is 0 Å². The van der Waals surface area contributed by atoms with Crippen LogP contribution in [0.3, 0.4) is 0 Å². The van der Waals surface area contributed by atoms with E-state index in [0.29, 0.717) is 23.9 Å². The number of hydrogen-bond acceptors (Lipinski definition) is 3. The molecule has 0 saturated carbocycles. The van der Waals surface area contributed by atoms with Gasteiger partial charge in [-0.1, -0.05) is 45.7 Å². The van der Waals surface area contributed by atoms with Crippen LogP contribution in [0.4, 0.5) is 0 Å². The third kappa shape index (κ3) is 4.80. The van der Waals surface area contributed by atoms with Crippen LogP contribution in [0.15, 0.2) is 29.2 Å². The summed E-state index contributed by atoms with van der Waals surface area (Å²) in [4.78, 5) is 0.384. The number of benzene rings is 1. The fourth-order valence-corrected chi connectivity index (χ4v) is 3.89. The van der Waals surface area contributed by atoms with Crippen LogP contribution in [-0.4, -0.2) is 32.9 Å². The van der Waals surface area contributed by atoms with E-state index in [1.54, 1.807) is 16.4 Å². The minimum atomic E-state index is -3.39. The largest absolute Gasteiger partial charge is 0.316 e. The molecule has 5 heteroatoms. The van der Waals surface area contributed by atoms with Crippen molar-refractivity contribution in [3.05, 3.63) is 29.8 Å². The maximum absolute atomic E-state index is 12.7. The molecule has 21 heavy (non-hydrogen) atoms. The fourth-order valence-electron chi connectivity index (χ4n) is 2.36. The molecule has 1 N–H and O–H groups in total. The molecule has 0 radical (unpaired) electrons. The first-order chi connectivity index (χ1) is 9.99. The Morgan fingerprint density at radius 3 is 2.10 bits per heavy atom. The van der Waals surface area contributed by atoms with Crippen molar-refractivity contribution in [3.63, 3.8) is 0 Å². The molecule has 0 bridgehead atoms. The molecule has 0 aliphatic heterocycles. The zero-order chi connectivity index (χ0) is 15.9. The lowest BCUT2D eigenvalue weighted by molar-refractivity contribution is 0.339. The maximum atomic E-state index is 12.7. The summed E-state index contributed by atoms with van der Waals surface area (Å²) in [5, 5.41) is 3.06. The van der Waals surface area contributed by atoms with Gasteiger partial charge in [-0.25, -0.2) is 8.42 Å². The van der Waals surface area contributed by atoms with Gasteiger partial charge < -0.3 is 5.32 Å². The Hall–Kier alpha value is -0.910. The van der Waals surface area contributed by atoms with Gasteiger partial charge in [-0.3, -0.25) is 0 Å². The van der Waals surface area contributed by atoms with Gasteiger partial charge in [0.25, 0.3) is 0 Å². The Kier molecular flexibility index (Phi) is 7.35. The Morgan fingerprint density at radius 1 is 1.10 bits per heavy atom. The summed E-state index contributed by atoms with van der Waals surface area (Å²) in [5.41, 5.74) is 1.08. The van der Waals surface area contributed by atoms with Gasteiger partial charge in [-0.05, 0) is 30.7 Å². The zero-order valence-corrected chi connectivity index (χ0v) is 14.4. The number of rotatable bonds is 9. The molecular formula is C16H28N2O2S. The van der Waals surface area contributed by atoms with E-state index in [2.05, 4.69) is 19.2 Å². The van der Waals surface area contributed by atoms with Gasteiger partial charge >= 0.3 is 0 Å². The smallest absolute Gasteiger partial charge is 0.243 e. The van der Waals surface area contributed by atoms with Crippen molar-refractivity contribution in [2.75, 3.05) is 20.1 Å². The standard InChI is InChI=1S/C16H28N2O2S/c1-5-14(6-2)13-18(7-3)21(19,20)16-10-8-15(9-11-16)12-17-4/h8-11,14,17H,5-7,12-13H2,1-4H3. The Balaban J connectivity index is 2.95. The second-order valence-corrected chi connectivity index (χ2v) is 7.25. The van der Waals surface area contributed by atoms with Crippen LogP contribution >= 0.6 is 0 Å². The van der Waals surface area contributed by atoms with Gasteiger partial charge in [0, 0.05) is 19.6 Å². The molecule has 0 heterocycles. The summed E-state index contributed by atoms with van der Waals surface area (Å²) < 4.78 is 27.0.